The number of carboxylic acid groups (broad SMARTS) is 1. The van der Waals surface area contributed by atoms with Gasteiger partial charge < -0.3 is 10.0 Å². The van der Waals surface area contributed by atoms with E-state index in [-0.39, 0.29) is 11.9 Å². The van der Waals surface area contributed by atoms with Gasteiger partial charge in [0.05, 0.1) is 5.54 Å². The minimum atomic E-state index is -0.951. The lowest BCUT2D eigenvalue weighted by molar-refractivity contribution is -0.114. The normalized spacial score (nSPS) is 27.7. The Hall–Kier alpha value is -2.37. The average Bonchev–Trinajstić information content (AvgIpc) is 2.75. The predicted octanol–water partition coefficient (Wildman–Crippen LogP) is 2.63. The second kappa shape index (κ2) is 5.12. The maximum Gasteiger partial charge on any atom is 0.407 e. The van der Waals surface area contributed by atoms with Gasteiger partial charge in [-0.2, -0.15) is 0 Å². The van der Waals surface area contributed by atoms with Crippen molar-refractivity contribution in [2.75, 3.05) is 11.4 Å². The van der Waals surface area contributed by atoms with Crippen molar-refractivity contribution >= 4 is 17.7 Å². The second-order valence-corrected chi connectivity index (χ2v) is 5.87. The van der Waals surface area contributed by atoms with Crippen molar-refractivity contribution in [3.8, 4) is 0 Å². The monoisotopic (exact) mass is 304 g/mol. The summed E-state index contributed by atoms with van der Waals surface area (Å²) in [4.78, 5) is 26.4. The van der Waals surface area contributed by atoms with Crippen molar-refractivity contribution in [2.24, 2.45) is 0 Å². The Morgan fingerprint density at radius 3 is 2.86 bits per heavy atom. The highest BCUT2D eigenvalue weighted by molar-refractivity contribution is 6.06. The third-order valence-corrected chi connectivity index (χ3v) is 4.48. The highest BCUT2D eigenvalue weighted by Gasteiger charge is 2.47. The molecule has 116 valence electrons. The van der Waals surface area contributed by atoms with E-state index in [1.165, 1.54) is 23.1 Å². The molecule has 0 saturated carbocycles. The summed E-state index contributed by atoms with van der Waals surface area (Å²) in [5, 5.41) is 9.19. The van der Waals surface area contributed by atoms with E-state index in [1.807, 2.05) is 13.0 Å². The number of rotatable bonds is 1. The smallest absolute Gasteiger partial charge is 0.407 e. The summed E-state index contributed by atoms with van der Waals surface area (Å²) in [5.41, 5.74) is -0.0676. The van der Waals surface area contributed by atoms with Crippen LogP contribution >= 0.6 is 0 Å². The highest BCUT2D eigenvalue weighted by atomic mass is 19.1. The number of carbonyl (C=O) groups excluding carboxylic acids is 1. The van der Waals surface area contributed by atoms with E-state index in [9.17, 15) is 19.1 Å². The summed E-state index contributed by atoms with van der Waals surface area (Å²) in [6, 6.07) is 5.72. The zero-order chi connectivity index (χ0) is 15.9. The summed E-state index contributed by atoms with van der Waals surface area (Å²) >= 11 is 0. The average molecular weight is 304 g/mol. The molecule has 1 fully saturated rings. The minimum absolute atomic E-state index is 0.193. The van der Waals surface area contributed by atoms with Gasteiger partial charge in [-0.25, -0.2) is 9.18 Å². The van der Waals surface area contributed by atoms with Crippen molar-refractivity contribution in [3.05, 3.63) is 42.2 Å². The zero-order valence-electron chi connectivity index (χ0n) is 12.2. The molecule has 2 unspecified atom stereocenters. The molecule has 1 N–H and O–H groups in total. The van der Waals surface area contributed by atoms with Crippen molar-refractivity contribution in [3.63, 3.8) is 0 Å². The molecule has 6 heteroatoms. The van der Waals surface area contributed by atoms with Crippen molar-refractivity contribution < 1.29 is 19.1 Å². The fourth-order valence-electron chi connectivity index (χ4n) is 3.49. The van der Waals surface area contributed by atoms with Crippen LogP contribution in [-0.4, -0.2) is 40.1 Å². The Balaban J connectivity index is 1.94. The number of benzene rings is 1. The molecule has 2 aliphatic rings. The number of hydrogen-bond acceptors (Lipinski definition) is 2. The van der Waals surface area contributed by atoms with Gasteiger partial charge in [0.25, 0.3) is 5.91 Å². The quantitative estimate of drug-likeness (QED) is 0.867. The van der Waals surface area contributed by atoms with Crippen LogP contribution in [0.5, 0.6) is 0 Å². The van der Waals surface area contributed by atoms with Gasteiger partial charge in [0.1, 0.15) is 5.82 Å². The summed E-state index contributed by atoms with van der Waals surface area (Å²) in [6.07, 6.45) is 3.37. The molecule has 2 heterocycles. The molecule has 22 heavy (non-hydrogen) atoms. The molecular formula is C16H17FN2O3. The van der Waals surface area contributed by atoms with Gasteiger partial charge in [-0.3, -0.25) is 9.69 Å². The van der Waals surface area contributed by atoms with Gasteiger partial charge in [-0.15, -0.1) is 0 Å². The first-order valence-electron chi connectivity index (χ1n) is 7.21. The Bertz CT molecular complexity index is 661. The SMILES string of the molecule is CC1CC2(C=CC(=O)N2c2cccc(F)c2)CCN1C(=O)O. The van der Waals surface area contributed by atoms with Gasteiger partial charge in [-0.1, -0.05) is 12.1 Å². The minimum Gasteiger partial charge on any atom is -0.465 e. The Kier molecular flexibility index (Phi) is 3.39. The first-order chi connectivity index (χ1) is 10.4. The standard InChI is InChI=1S/C16H17FN2O3/c1-11-10-16(7-8-18(11)15(21)22)6-5-14(20)19(16)13-4-2-3-12(17)9-13/h2-6,9,11H,7-8,10H2,1H3,(H,21,22). The maximum absolute atomic E-state index is 13.5. The van der Waals surface area contributed by atoms with Gasteiger partial charge in [-0.05, 0) is 38.0 Å². The van der Waals surface area contributed by atoms with E-state index in [1.54, 1.807) is 17.0 Å². The number of halogens is 1. The van der Waals surface area contributed by atoms with Crippen LogP contribution < -0.4 is 4.90 Å². The molecule has 2 amide bonds. The third kappa shape index (κ3) is 2.24. The molecule has 5 nitrogen and oxygen atoms in total. The predicted molar refractivity (Wildman–Crippen MR) is 79.2 cm³/mol. The van der Waals surface area contributed by atoms with E-state index in [0.717, 1.165) is 0 Å². The van der Waals surface area contributed by atoms with E-state index in [4.69, 9.17) is 0 Å². The summed E-state index contributed by atoms with van der Waals surface area (Å²) < 4.78 is 13.5. The van der Waals surface area contributed by atoms with E-state index >= 15 is 0 Å². The molecular weight excluding hydrogens is 287 g/mol. The van der Waals surface area contributed by atoms with Crippen molar-refractivity contribution in [2.45, 2.75) is 31.3 Å². The fraction of sp³-hybridized carbons (Fsp3) is 0.375. The zero-order valence-corrected chi connectivity index (χ0v) is 12.2. The molecule has 1 spiro atoms. The summed E-state index contributed by atoms with van der Waals surface area (Å²) in [7, 11) is 0. The van der Waals surface area contributed by atoms with Gasteiger partial charge >= 0.3 is 6.09 Å². The molecule has 1 aromatic rings. The molecule has 1 aromatic carbocycles. The van der Waals surface area contributed by atoms with E-state index in [0.29, 0.717) is 25.1 Å². The number of anilines is 1. The van der Waals surface area contributed by atoms with Crippen LogP contribution in [0, 0.1) is 5.82 Å². The van der Waals surface area contributed by atoms with E-state index < -0.39 is 17.4 Å². The van der Waals surface area contributed by atoms with Gasteiger partial charge in [0.2, 0.25) is 0 Å². The van der Waals surface area contributed by atoms with Crippen LogP contribution in [0.2, 0.25) is 0 Å². The first-order valence-corrected chi connectivity index (χ1v) is 7.21. The number of likely N-dealkylation sites (tertiary alicyclic amines) is 1. The topological polar surface area (TPSA) is 60.9 Å². The van der Waals surface area contributed by atoms with Crippen LogP contribution in [-0.2, 0) is 4.79 Å². The molecule has 2 aliphatic heterocycles. The lowest BCUT2D eigenvalue weighted by Crippen LogP contribution is -2.57. The Morgan fingerprint density at radius 2 is 2.23 bits per heavy atom. The first kappa shape index (κ1) is 14.6. The van der Waals surface area contributed by atoms with Crippen LogP contribution in [0.3, 0.4) is 0 Å². The number of amides is 2. The van der Waals surface area contributed by atoms with Crippen molar-refractivity contribution in [1.82, 2.24) is 4.90 Å². The molecule has 0 radical (unpaired) electrons. The summed E-state index contributed by atoms with van der Waals surface area (Å²) in [5.74, 6) is -0.593. The van der Waals surface area contributed by atoms with Crippen LogP contribution in [0.25, 0.3) is 0 Å². The van der Waals surface area contributed by atoms with Crippen LogP contribution in [0.4, 0.5) is 14.9 Å². The van der Waals surface area contributed by atoms with Gasteiger partial charge in [0, 0.05) is 24.4 Å². The third-order valence-electron chi connectivity index (χ3n) is 4.48. The number of piperidine rings is 1. The van der Waals surface area contributed by atoms with Gasteiger partial charge in [0.15, 0.2) is 0 Å². The number of nitrogens with zero attached hydrogens (tertiary/aromatic N) is 2. The van der Waals surface area contributed by atoms with Crippen molar-refractivity contribution in [1.29, 1.82) is 0 Å². The molecule has 0 aromatic heterocycles. The van der Waals surface area contributed by atoms with Crippen LogP contribution in [0.15, 0.2) is 36.4 Å². The maximum atomic E-state index is 13.5. The molecule has 2 atom stereocenters. The molecule has 0 aliphatic carbocycles. The lowest BCUT2D eigenvalue weighted by Gasteiger charge is -2.46. The molecule has 0 bridgehead atoms. The lowest BCUT2D eigenvalue weighted by atomic mass is 9.83. The highest BCUT2D eigenvalue weighted by Crippen LogP contribution is 2.40. The largest absolute Gasteiger partial charge is 0.465 e. The van der Waals surface area contributed by atoms with E-state index in [2.05, 4.69) is 0 Å². The van der Waals surface area contributed by atoms with Crippen LogP contribution in [0.1, 0.15) is 19.8 Å². The molecule has 3 rings (SSSR count). The Labute approximate surface area is 127 Å². The number of carbonyl (C=O) groups is 2. The Morgan fingerprint density at radius 1 is 1.45 bits per heavy atom. The molecule has 1 saturated heterocycles. The summed E-state index contributed by atoms with van der Waals surface area (Å²) in [6.45, 7) is 2.18. The number of hydrogen-bond donors (Lipinski definition) is 1. The fourth-order valence-corrected chi connectivity index (χ4v) is 3.49. The second-order valence-electron chi connectivity index (χ2n) is 5.87.